The third-order valence-electron chi connectivity index (χ3n) is 3.93. The summed E-state index contributed by atoms with van der Waals surface area (Å²) in [5, 5.41) is 0. The van der Waals surface area contributed by atoms with Gasteiger partial charge in [0.15, 0.2) is 0 Å². The van der Waals surface area contributed by atoms with Crippen molar-refractivity contribution in [2.24, 2.45) is 11.7 Å². The third-order valence-corrected chi connectivity index (χ3v) is 4.42. The number of amides is 1. The fraction of sp³-hybridized carbons (Fsp3) is 0.533. The highest BCUT2D eigenvalue weighted by atomic mass is 79.9. The van der Waals surface area contributed by atoms with Gasteiger partial charge in [0.25, 0.3) is 5.91 Å². The maximum Gasteiger partial charge on any atom is 0.254 e. The summed E-state index contributed by atoms with van der Waals surface area (Å²) < 4.78 is 1.00. The Morgan fingerprint density at radius 3 is 2.89 bits per heavy atom. The van der Waals surface area contributed by atoms with Crippen LogP contribution >= 0.6 is 15.9 Å². The Labute approximate surface area is 123 Å². The summed E-state index contributed by atoms with van der Waals surface area (Å²) >= 11 is 3.43. The third kappa shape index (κ3) is 3.18. The molecule has 2 rings (SSSR count). The van der Waals surface area contributed by atoms with Crippen molar-refractivity contribution in [1.82, 2.24) is 4.90 Å². The molecule has 0 aliphatic carbocycles. The number of nitrogens with two attached hydrogens (primary N) is 1. The number of benzene rings is 1. The topological polar surface area (TPSA) is 46.3 Å². The zero-order valence-electron chi connectivity index (χ0n) is 11.5. The molecule has 1 aromatic rings. The van der Waals surface area contributed by atoms with Crippen molar-refractivity contribution in [3.05, 3.63) is 33.8 Å². The van der Waals surface area contributed by atoms with E-state index in [2.05, 4.69) is 22.9 Å². The van der Waals surface area contributed by atoms with E-state index in [9.17, 15) is 4.79 Å². The van der Waals surface area contributed by atoms with Crippen LogP contribution in [0, 0.1) is 12.8 Å². The molecule has 2 N–H and O–H groups in total. The Kier molecular flexibility index (Phi) is 4.63. The molecule has 1 aliphatic heterocycles. The van der Waals surface area contributed by atoms with Gasteiger partial charge in [0.1, 0.15) is 0 Å². The minimum Gasteiger partial charge on any atom is -0.334 e. The molecule has 1 amide bonds. The molecule has 0 bridgehead atoms. The lowest BCUT2D eigenvalue weighted by Gasteiger charge is -2.38. The number of piperidine rings is 1. The Morgan fingerprint density at radius 1 is 1.53 bits per heavy atom. The van der Waals surface area contributed by atoms with Crippen molar-refractivity contribution in [2.45, 2.75) is 32.7 Å². The van der Waals surface area contributed by atoms with Gasteiger partial charge >= 0.3 is 0 Å². The maximum absolute atomic E-state index is 12.7. The van der Waals surface area contributed by atoms with Crippen LogP contribution in [0.2, 0.25) is 0 Å². The summed E-state index contributed by atoms with van der Waals surface area (Å²) in [7, 11) is 0. The average molecular weight is 325 g/mol. The van der Waals surface area contributed by atoms with E-state index in [4.69, 9.17) is 5.73 Å². The smallest absolute Gasteiger partial charge is 0.254 e. The highest BCUT2D eigenvalue weighted by Gasteiger charge is 2.29. The second kappa shape index (κ2) is 6.06. The van der Waals surface area contributed by atoms with Gasteiger partial charge in [-0.15, -0.1) is 0 Å². The summed E-state index contributed by atoms with van der Waals surface area (Å²) in [6.45, 7) is 5.57. The quantitative estimate of drug-likeness (QED) is 0.909. The largest absolute Gasteiger partial charge is 0.334 e. The Bertz CT molecular complexity index is 475. The predicted molar refractivity (Wildman–Crippen MR) is 81.2 cm³/mol. The molecule has 1 heterocycles. The predicted octanol–water partition coefficient (Wildman–Crippen LogP) is 2.96. The maximum atomic E-state index is 12.7. The molecule has 0 aromatic heterocycles. The number of likely N-dealkylation sites (tertiary alicyclic amines) is 1. The van der Waals surface area contributed by atoms with Crippen LogP contribution in [-0.4, -0.2) is 29.9 Å². The molecule has 1 aromatic carbocycles. The molecule has 104 valence electrons. The first-order chi connectivity index (χ1) is 9.02. The molecule has 0 spiro atoms. The standard InChI is InChI=1S/C15H21BrN2O/c1-10-5-6-18(13(7-10)9-17)15(19)14-4-3-12(16)8-11(14)2/h3-4,8,10,13H,5-7,9,17H2,1-2H3. The van der Waals surface area contributed by atoms with E-state index in [1.165, 1.54) is 0 Å². The summed E-state index contributed by atoms with van der Waals surface area (Å²) in [4.78, 5) is 14.6. The van der Waals surface area contributed by atoms with Crippen molar-refractivity contribution in [3.63, 3.8) is 0 Å². The highest BCUT2D eigenvalue weighted by Crippen LogP contribution is 2.25. The van der Waals surface area contributed by atoms with Crippen LogP contribution in [0.4, 0.5) is 0 Å². The van der Waals surface area contributed by atoms with Gasteiger partial charge in [-0.25, -0.2) is 0 Å². The van der Waals surface area contributed by atoms with E-state index in [-0.39, 0.29) is 11.9 Å². The molecule has 1 aliphatic rings. The molecule has 1 fully saturated rings. The van der Waals surface area contributed by atoms with Gasteiger partial charge < -0.3 is 10.6 Å². The average Bonchev–Trinajstić information content (AvgIpc) is 2.37. The number of aryl methyl sites for hydroxylation is 1. The van der Waals surface area contributed by atoms with Crippen LogP contribution in [0.15, 0.2) is 22.7 Å². The van der Waals surface area contributed by atoms with Crippen molar-refractivity contribution in [1.29, 1.82) is 0 Å². The van der Waals surface area contributed by atoms with Crippen LogP contribution in [0.5, 0.6) is 0 Å². The van der Waals surface area contributed by atoms with Gasteiger partial charge in [-0.3, -0.25) is 4.79 Å². The Hall–Kier alpha value is -0.870. The van der Waals surface area contributed by atoms with Gasteiger partial charge in [0, 0.05) is 29.2 Å². The number of hydrogen-bond donors (Lipinski definition) is 1. The molecule has 4 heteroatoms. The van der Waals surface area contributed by atoms with Crippen LogP contribution in [0.25, 0.3) is 0 Å². The Morgan fingerprint density at radius 2 is 2.26 bits per heavy atom. The zero-order valence-corrected chi connectivity index (χ0v) is 13.1. The minimum absolute atomic E-state index is 0.118. The van der Waals surface area contributed by atoms with Crippen molar-refractivity contribution in [3.8, 4) is 0 Å². The van der Waals surface area contributed by atoms with Gasteiger partial charge in [0.05, 0.1) is 0 Å². The van der Waals surface area contributed by atoms with E-state index in [0.29, 0.717) is 12.5 Å². The first-order valence-electron chi connectivity index (χ1n) is 6.80. The molecule has 19 heavy (non-hydrogen) atoms. The molecule has 2 atom stereocenters. The lowest BCUT2D eigenvalue weighted by molar-refractivity contribution is 0.0573. The Balaban J connectivity index is 2.22. The molecular formula is C15H21BrN2O. The van der Waals surface area contributed by atoms with Crippen molar-refractivity contribution in [2.75, 3.05) is 13.1 Å². The van der Waals surface area contributed by atoms with Crippen molar-refractivity contribution < 1.29 is 4.79 Å². The molecule has 0 saturated carbocycles. The number of nitrogens with zero attached hydrogens (tertiary/aromatic N) is 1. The van der Waals surface area contributed by atoms with E-state index >= 15 is 0 Å². The normalized spacial score (nSPS) is 23.5. The van der Waals surface area contributed by atoms with E-state index in [1.807, 2.05) is 30.0 Å². The fourth-order valence-corrected chi connectivity index (χ4v) is 3.24. The lowest BCUT2D eigenvalue weighted by Crippen LogP contribution is -2.49. The van der Waals surface area contributed by atoms with Gasteiger partial charge in [0.2, 0.25) is 0 Å². The summed E-state index contributed by atoms with van der Waals surface area (Å²) in [5.74, 6) is 0.774. The molecule has 2 unspecified atom stereocenters. The number of halogens is 1. The first kappa shape index (κ1) is 14.5. The molecular weight excluding hydrogens is 304 g/mol. The van der Waals surface area contributed by atoms with E-state index < -0.39 is 0 Å². The van der Waals surface area contributed by atoms with Crippen LogP contribution in [-0.2, 0) is 0 Å². The number of hydrogen-bond acceptors (Lipinski definition) is 2. The molecule has 0 radical (unpaired) electrons. The number of carbonyl (C=O) groups is 1. The second-order valence-electron chi connectivity index (χ2n) is 5.48. The zero-order chi connectivity index (χ0) is 14.0. The number of carbonyl (C=O) groups excluding carboxylic acids is 1. The first-order valence-corrected chi connectivity index (χ1v) is 7.59. The van der Waals surface area contributed by atoms with Gasteiger partial charge in [-0.05, 0) is 49.4 Å². The molecule has 1 saturated heterocycles. The van der Waals surface area contributed by atoms with Crippen LogP contribution in [0.3, 0.4) is 0 Å². The summed E-state index contributed by atoms with van der Waals surface area (Å²) in [6, 6.07) is 5.98. The molecule has 3 nitrogen and oxygen atoms in total. The highest BCUT2D eigenvalue weighted by molar-refractivity contribution is 9.10. The van der Waals surface area contributed by atoms with Crippen molar-refractivity contribution >= 4 is 21.8 Å². The van der Waals surface area contributed by atoms with E-state index in [1.54, 1.807) is 0 Å². The fourth-order valence-electron chi connectivity index (χ4n) is 2.76. The lowest BCUT2D eigenvalue weighted by atomic mass is 9.91. The van der Waals surface area contributed by atoms with Gasteiger partial charge in [-0.2, -0.15) is 0 Å². The van der Waals surface area contributed by atoms with Crippen LogP contribution in [0.1, 0.15) is 35.7 Å². The summed E-state index contributed by atoms with van der Waals surface area (Å²) in [5.41, 5.74) is 7.63. The van der Waals surface area contributed by atoms with Gasteiger partial charge in [-0.1, -0.05) is 22.9 Å². The minimum atomic E-state index is 0.118. The van der Waals surface area contributed by atoms with Crippen LogP contribution < -0.4 is 5.73 Å². The second-order valence-corrected chi connectivity index (χ2v) is 6.39. The summed E-state index contributed by atoms with van der Waals surface area (Å²) in [6.07, 6.45) is 2.08. The van der Waals surface area contributed by atoms with E-state index in [0.717, 1.165) is 35.0 Å². The SMILES string of the molecule is Cc1cc(Br)ccc1C(=O)N1CCC(C)CC1CN. The monoisotopic (exact) mass is 324 g/mol. The number of rotatable bonds is 2.